The topological polar surface area (TPSA) is 105 Å². The molecule has 0 aliphatic rings. The van der Waals surface area contributed by atoms with E-state index in [2.05, 4.69) is 4.72 Å². The highest BCUT2D eigenvalue weighted by molar-refractivity contribution is 7.89. The van der Waals surface area contributed by atoms with Gasteiger partial charge < -0.3 is 10.5 Å². The third kappa shape index (κ3) is 4.21. The van der Waals surface area contributed by atoms with Crippen LogP contribution in [0.25, 0.3) is 0 Å². The van der Waals surface area contributed by atoms with Crippen molar-refractivity contribution >= 4 is 15.7 Å². The molecule has 1 rings (SSSR count). The van der Waals surface area contributed by atoms with E-state index in [1.807, 2.05) is 13.0 Å². The second kappa shape index (κ2) is 6.52. The SMILES string of the molecule is COCC(C)CNS(=O)(=O)c1ccc(C#N)cc1N. The Morgan fingerprint density at radius 1 is 1.53 bits per heavy atom. The summed E-state index contributed by atoms with van der Waals surface area (Å²) in [6.07, 6.45) is 0. The lowest BCUT2D eigenvalue weighted by molar-refractivity contribution is 0.161. The molecule has 0 saturated carbocycles. The fourth-order valence-corrected chi connectivity index (χ4v) is 2.81. The molecule has 104 valence electrons. The first-order valence-electron chi connectivity index (χ1n) is 5.69. The van der Waals surface area contributed by atoms with E-state index in [0.717, 1.165) is 0 Å². The summed E-state index contributed by atoms with van der Waals surface area (Å²) in [5.74, 6) is 0.0550. The maximum absolute atomic E-state index is 12.0. The normalized spacial score (nSPS) is 12.9. The summed E-state index contributed by atoms with van der Waals surface area (Å²) >= 11 is 0. The highest BCUT2D eigenvalue weighted by Gasteiger charge is 2.18. The van der Waals surface area contributed by atoms with Crippen molar-refractivity contribution in [1.29, 1.82) is 5.26 Å². The van der Waals surface area contributed by atoms with Crippen LogP contribution in [-0.4, -0.2) is 28.7 Å². The van der Waals surface area contributed by atoms with Gasteiger partial charge >= 0.3 is 0 Å². The maximum Gasteiger partial charge on any atom is 0.242 e. The second-order valence-electron chi connectivity index (χ2n) is 4.28. The first kappa shape index (κ1) is 15.4. The standard InChI is InChI=1S/C12H17N3O3S/c1-9(8-18-2)7-15-19(16,17)12-4-3-10(6-13)5-11(12)14/h3-5,9,15H,7-8,14H2,1-2H3. The lowest BCUT2D eigenvalue weighted by atomic mass is 10.2. The van der Waals surface area contributed by atoms with Crippen molar-refractivity contribution in [2.75, 3.05) is 26.0 Å². The molecule has 0 aliphatic heterocycles. The minimum atomic E-state index is -3.67. The van der Waals surface area contributed by atoms with Gasteiger partial charge in [-0.2, -0.15) is 5.26 Å². The van der Waals surface area contributed by atoms with Crippen molar-refractivity contribution in [3.8, 4) is 6.07 Å². The summed E-state index contributed by atoms with van der Waals surface area (Å²) < 4.78 is 31.5. The first-order valence-corrected chi connectivity index (χ1v) is 7.17. The Morgan fingerprint density at radius 2 is 2.21 bits per heavy atom. The van der Waals surface area contributed by atoms with Gasteiger partial charge in [0.05, 0.1) is 17.3 Å². The molecule has 0 saturated heterocycles. The van der Waals surface area contributed by atoms with Crippen LogP contribution in [0.5, 0.6) is 0 Å². The number of hydrogen-bond donors (Lipinski definition) is 2. The molecular formula is C12H17N3O3S. The fourth-order valence-electron chi connectivity index (χ4n) is 1.54. The number of rotatable bonds is 6. The zero-order valence-electron chi connectivity index (χ0n) is 10.9. The minimum Gasteiger partial charge on any atom is -0.398 e. The van der Waals surface area contributed by atoms with Gasteiger partial charge in [-0.05, 0) is 24.1 Å². The average molecular weight is 283 g/mol. The first-order chi connectivity index (χ1) is 8.90. The highest BCUT2D eigenvalue weighted by atomic mass is 32.2. The molecule has 3 N–H and O–H groups in total. The Kier molecular flexibility index (Phi) is 5.30. The molecule has 0 bridgehead atoms. The quantitative estimate of drug-likeness (QED) is 0.748. The van der Waals surface area contributed by atoms with Gasteiger partial charge in [-0.15, -0.1) is 0 Å². The second-order valence-corrected chi connectivity index (χ2v) is 6.01. The number of nitrogens with zero attached hydrogens (tertiary/aromatic N) is 1. The van der Waals surface area contributed by atoms with Crippen molar-refractivity contribution in [3.63, 3.8) is 0 Å². The van der Waals surface area contributed by atoms with Crippen LogP contribution < -0.4 is 10.5 Å². The third-order valence-electron chi connectivity index (χ3n) is 2.50. The molecule has 1 aromatic rings. The van der Waals surface area contributed by atoms with Crippen LogP contribution in [0.1, 0.15) is 12.5 Å². The lowest BCUT2D eigenvalue weighted by Gasteiger charge is -2.13. The molecule has 6 nitrogen and oxygen atoms in total. The van der Waals surface area contributed by atoms with Gasteiger partial charge in [0.25, 0.3) is 0 Å². The number of hydrogen-bond acceptors (Lipinski definition) is 5. The smallest absolute Gasteiger partial charge is 0.242 e. The van der Waals surface area contributed by atoms with E-state index in [1.54, 1.807) is 7.11 Å². The molecule has 7 heteroatoms. The monoisotopic (exact) mass is 283 g/mol. The Balaban J connectivity index is 2.86. The molecule has 19 heavy (non-hydrogen) atoms. The van der Waals surface area contributed by atoms with E-state index < -0.39 is 10.0 Å². The van der Waals surface area contributed by atoms with E-state index in [-0.39, 0.29) is 23.0 Å². The highest BCUT2D eigenvalue weighted by Crippen LogP contribution is 2.19. The molecule has 1 atom stereocenters. The van der Waals surface area contributed by atoms with Gasteiger partial charge in [0.2, 0.25) is 10.0 Å². The van der Waals surface area contributed by atoms with Gasteiger partial charge in [0, 0.05) is 20.3 Å². The number of nitrogens with one attached hydrogen (secondary N) is 1. The van der Waals surface area contributed by atoms with Crippen LogP contribution >= 0.6 is 0 Å². The number of benzene rings is 1. The summed E-state index contributed by atoms with van der Waals surface area (Å²) in [6.45, 7) is 2.59. The Hall–Kier alpha value is -1.62. The summed E-state index contributed by atoms with van der Waals surface area (Å²) in [4.78, 5) is -0.0175. The Labute approximate surface area is 113 Å². The molecule has 1 aromatic carbocycles. The number of ether oxygens (including phenoxy) is 1. The van der Waals surface area contributed by atoms with Crippen LogP contribution in [0.4, 0.5) is 5.69 Å². The number of sulfonamides is 1. The zero-order chi connectivity index (χ0) is 14.5. The maximum atomic E-state index is 12.0. The summed E-state index contributed by atoms with van der Waals surface area (Å²) in [5.41, 5.74) is 6.04. The largest absolute Gasteiger partial charge is 0.398 e. The number of nitriles is 1. The Bertz CT molecular complexity index is 578. The van der Waals surface area contributed by atoms with Crippen LogP contribution in [0.3, 0.4) is 0 Å². The number of nitrogen functional groups attached to an aromatic ring is 1. The van der Waals surface area contributed by atoms with E-state index in [4.69, 9.17) is 15.7 Å². The molecule has 0 aliphatic carbocycles. The van der Waals surface area contributed by atoms with Crippen molar-refractivity contribution in [2.24, 2.45) is 5.92 Å². The summed E-state index contributed by atoms with van der Waals surface area (Å²) in [5, 5.41) is 8.71. The van der Waals surface area contributed by atoms with E-state index in [0.29, 0.717) is 12.2 Å². The van der Waals surface area contributed by atoms with Gasteiger partial charge in [-0.3, -0.25) is 0 Å². The summed E-state index contributed by atoms with van der Waals surface area (Å²) in [6, 6.07) is 5.99. The molecule has 0 radical (unpaired) electrons. The number of anilines is 1. The molecule has 0 fully saturated rings. The molecule has 0 spiro atoms. The molecule has 0 aromatic heterocycles. The van der Waals surface area contributed by atoms with Crippen LogP contribution in [0, 0.1) is 17.2 Å². The van der Waals surface area contributed by atoms with Crippen molar-refractivity contribution < 1.29 is 13.2 Å². The molecule has 0 amide bonds. The zero-order valence-corrected chi connectivity index (χ0v) is 11.7. The van der Waals surface area contributed by atoms with E-state index >= 15 is 0 Å². The molecule has 0 heterocycles. The minimum absolute atomic E-state index is 0.0175. The predicted molar refractivity (Wildman–Crippen MR) is 71.8 cm³/mol. The predicted octanol–water partition coefficient (Wildman–Crippen LogP) is 0.701. The van der Waals surface area contributed by atoms with Crippen molar-refractivity contribution in [1.82, 2.24) is 4.72 Å². The van der Waals surface area contributed by atoms with Gasteiger partial charge in [-0.1, -0.05) is 6.92 Å². The van der Waals surface area contributed by atoms with Gasteiger partial charge in [0.1, 0.15) is 4.90 Å². The van der Waals surface area contributed by atoms with Crippen molar-refractivity contribution in [3.05, 3.63) is 23.8 Å². The fraction of sp³-hybridized carbons (Fsp3) is 0.417. The molecular weight excluding hydrogens is 266 g/mol. The number of methoxy groups -OCH3 is 1. The molecule has 1 unspecified atom stereocenters. The number of nitrogens with two attached hydrogens (primary N) is 1. The average Bonchev–Trinajstić information content (AvgIpc) is 2.36. The van der Waals surface area contributed by atoms with E-state index in [1.165, 1.54) is 18.2 Å². The van der Waals surface area contributed by atoms with Gasteiger partial charge in [-0.25, -0.2) is 13.1 Å². The Morgan fingerprint density at radius 3 is 2.74 bits per heavy atom. The lowest BCUT2D eigenvalue weighted by Crippen LogP contribution is -2.30. The van der Waals surface area contributed by atoms with Crippen LogP contribution in [0.15, 0.2) is 23.1 Å². The van der Waals surface area contributed by atoms with Crippen LogP contribution in [-0.2, 0) is 14.8 Å². The van der Waals surface area contributed by atoms with Gasteiger partial charge in [0.15, 0.2) is 0 Å². The van der Waals surface area contributed by atoms with Crippen molar-refractivity contribution in [2.45, 2.75) is 11.8 Å². The van der Waals surface area contributed by atoms with E-state index in [9.17, 15) is 8.42 Å². The van der Waals surface area contributed by atoms with Crippen LogP contribution in [0.2, 0.25) is 0 Å². The third-order valence-corrected chi connectivity index (χ3v) is 4.00. The summed E-state index contributed by atoms with van der Waals surface area (Å²) in [7, 11) is -2.11.